The first kappa shape index (κ1) is 24.1. The van der Waals surface area contributed by atoms with Crippen molar-refractivity contribution >= 4 is 28.8 Å². The van der Waals surface area contributed by atoms with Crippen LogP contribution in [0.4, 0.5) is 13.2 Å². The Kier molecular flexibility index (Phi) is 6.68. The van der Waals surface area contributed by atoms with Crippen molar-refractivity contribution in [1.82, 2.24) is 14.8 Å². The topological polar surface area (TPSA) is 39.6 Å². The second-order valence-electron chi connectivity index (χ2n) is 9.39. The summed E-state index contributed by atoms with van der Waals surface area (Å²) in [6.07, 6.45) is -1.84. The van der Waals surface area contributed by atoms with Crippen molar-refractivity contribution in [3.05, 3.63) is 68.5 Å². The van der Waals surface area contributed by atoms with Gasteiger partial charge in [0.1, 0.15) is 0 Å². The van der Waals surface area contributed by atoms with E-state index in [0.29, 0.717) is 31.6 Å². The summed E-state index contributed by atoms with van der Waals surface area (Å²) in [7, 11) is 0. The highest BCUT2D eigenvalue weighted by Gasteiger charge is 2.38. The van der Waals surface area contributed by atoms with Gasteiger partial charge in [0.15, 0.2) is 5.69 Å². The minimum absolute atomic E-state index is 0.214. The number of aryl methyl sites for hydroxylation is 1. The number of likely N-dealkylation sites (tertiary alicyclic amines) is 1. The molecule has 3 heterocycles. The second-order valence-corrected chi connectivity index (χ2v) is 10.2. The number of nitrogens with zero attached hydrogens (tertiary/aromatic N) is 3. The van der Waals surface area contributed by atoms with Crippen molar-refractivity contribution in [2.75, 3.05) is 32.7 Å². The van der Waals surface area contributed by atoms with Gasteiger partial charge < -0.3 is 5.11 Å². The molecule has 1 fully saturated rings. The Balaban J connectivity index is 1.30. The molecule has 0 saturated carbocycles. The number of hydrogen-bond donors (Lipinski definition) is 1. The molecule has 5 rings (SSSR count). The predicted molar refractivity (Wildman–Crippen MR) is 127 cm³/mol. The third-order valence-corrected chi connectivity index (χ3v) is 7.62. The summed E-state index contributed by atoms with van der Waals surface area (Å²) in [4.78, 5) is 8.49. The number of rotatable bonds is 6. The van der Waals surface area contributed by atoms with Gasteiger partial charge in [-0.15, -0.1) is 0 Å². The van der Waals surface area contributed by atoms with Crippen molar-refractivity contribution in [3.63, 3.8) is 0 Å². The van der Waals surface area contributed by atoms with Gasteiger partial charge in [0.25, 0.3) is 0 Å². The molecule has 0 bridgehead atoms. The highest BCUT2D eigenvalue weighted by atomic mass is 35.5. The van der Waals surface area contributed by atoms with Crippen LogP contribution in [-0.4, -0.2) is 64.8 Å². The number of benzene rings is 1. The molecule has 1 unspecified atom stereocenters. The summed E-state index contributed by atoms with van der Waals surface area (Å²) in [5.41, 5.74) is 4.73. The van der Waals surface area contributed by atoms with Crippen molar-refractivity contribution in [2.24, 2.45) is 0 Å². The standard InChI is InChI=1S/C25H26Cl2F3N3O/c26-16-4-3-15-10-21-19(20(15)11-16)7-9-33(23(21)14-32-12-18(34)13-32)8-1-2-17-5-6-22(27)24(31-17)25(28,29)30/h3-6,11,18,23,34H,1-2,7-10,12-14H2. The lowest BCUT2D eigenvalue weighted by Crippen LogP contribution is -2.57. The van der Waals surface area contributed by atoms with E-state index in [1.54, 1.807) is 6.07 Å². The molecule has 182 valence electrons. The highest BCUT2D eigenvalue weighted by molar-refractivity contribution is 6.31. The molecule has 0 amide bonds. The Bertz CT molecular complexity index is 1120. The molecule has 9 heteroatoms. The average Bonchev–Trinajstić information content (AvgIpc) is 3.12. The normalized spacial score (nSPS) is 21.5. The minimum Gasteiger partial charge on any atom is -0.390 e. The summed E-state index contributed by atoms with van der Waals surface area (Å²) in [6, 6.07) is 9.17. The van der Waals surface area contributed by atoms with Crippen LogP contribution in [0.15, 0.2) is 35.9 Å². The predicted octanol–water partition coefficient (Wildman–Crippen LogP) is 5.10. The number of fused-ring (bicyclic) bond motifs is 2. The first-order valence-electron chi connectivity index (χ1n) is 11.6. The average molecular weight is 512 g/mol. The number of aliphatic hydroxyl groups excluding tert-OH is 1. The lowest BCUT2D eigenvalue weighted by molar-refractivity contribution is -0.141. The molecule has 1 aromatic carbocycles. The Hall–Kier alpha value is -1.64. The van der Waals surface area contributed by atoms with Gasteiger partial charge in [-0.3, -0.25) is 9.80 Å². The lowest BCUT2D eigenvalue weighted by Gasteiger charge is -2.44. The van der Waals surface area contributed by atoms with Crippen LogP contribution in [0.3, 0.4) is 0 Å². The summed E-state index contributed by atoms with van der Waals surface area (Å²) in [5, 5.41) is 10.1. The van der Waals surface area contributed by atoms with Crippen LogP contribution in [0.1, 0.15) is 35.4 Å². The second kappa shape index (κ2) is 9.43. The third-order valence-electron chi connectivity index (χ3n) is 7.08. The number of alkyl halides is 3. The van der Waals surface area contributed by atoms with Crippen LogP contribution in [-0.2, 0) is 19.0 Å². The van der Waals surface area contributed by atoms with Gasteiger partial charge in [-0.2, -0.15) is 13.2 Å². The fourth-order valence-electron chi connectivity index (χ4n) is 5.43. The molecular weight excluding hydrogens is 486 g/mol. The van der Waals surface area contributed by atoms with E-state index in [-0.39, 0.29) is 17.2 Å². The zero-order chi connectivity index (χ0) is 24.0. The van der Waals surface area contributed by atoms with E-state index in [9.17, 15) is 18.3 Å². The Morgan fingerprint density at radius 3 is 2.65 bits per heavy atom. The molecule has 2 aromatic rings. The Morgan fingerprint density at radius 2 is 1.91 bits per heavy atom. The molecule has 1 atom stereocenters. The van der Waals surface area contributed by atoms with E-state index in [4.69, 9.17) is 23.2 Å². The third kappa shape index (κ3) is 4.86. The molecule has 1 aliphatic carbocycles. The van der Waals surface area contributed by atoms with Gasteiger partial charge in [-0.25, -0.2) is 4.98 Å². The molecule has 0 spiro atoms. The maximum absolute atomic E-state index is 13.2. The van der Waals surface area contributed by atoms with Gasteiger partial charge in [-0.1, -0.05) is 29.3 Å². The molecule has 2 aliphatic heterocycles. The minimum atomic E-state index is -4.56. The van der Waals surface area contributed by atoms with Crippen LogP contribution in [0.2, 0.25) is 10.0 Å². The van der Waals surface area contributed by atoms with Crippen molar-refractivity contribution in [3.8, 4) is 0 Å². The van der Waals surface area contributed by atoms with E-state index >= 15 is 0 Å². The van der Waals surface area contributed by atoms with E-state index in [1.807, 2.05) is 6.07 Å². The maximum atomic E-state index is 13.2. The van der Waals surface area contributed by atoms with Gasteiger partial charge in [0.05, 0.1) is 11.1 Å². The van der Waals surface area contributed by atoms with Gasteiger partial charge in [0.2, 0.25) is 0 Å². The highest BCUT2D eigenvalue weighted by Crippen LogP contribution is 2.42. The molecule has 34 heavy (non-hydrogen) atoms. The van der Waals surface area contributed by atoms with Crippen molar-refractivity contribution in [2.45, 2.75) is 44.0 Å². The SMILES string of the molecule is OC1CN(CC2C3=C(CCN2CCCc2ccc(Cl)c(C(F)(F)F)n2)c2cc(Cl)ccc2C3)C1. The number of hydrogen-bond acceptors (Lipinski definition) is 4. The van der Waals surface area contributed by atoms with E-state index in [0.717, 1.165) is 37.5 Å². The van der Waals surface area contributed by atoms with E-state index in [2.05, 4.69) is 26.9 Å². The fourth-order valence-corrected chi connectivity index (χ4v) is 5.81. The zero-order valence-electron chi connectivity index (χ0n) is 18.6. The molecule has 1 saturated heterocycles. The van der Waals surface area contributed by atoms with Crippen LogP contribution in [0, 0.1) is 0 Å². The first-order valence-corrected chi connectivity index (χ1v) is 12.3. The van der Waals surface area contributed by atoms with Gasteiger partial charge in [-0.05, 0) is 78.8 Å². The number of pyridine rings is 1. The summed E-state index contributed by atoms with van der Waals surface area (Å²) in [6.45, 7) is 3.85. The molecule has 4 nitrogen and oxygen atoms in total. The first-order chi connectivity index (χ1) is 16.2. The fraction of sp³-hybridized carbons (Fsp3) is 0.480. The Morgan fingerprint density at radius 1 is 1.12 bits per heavy atom. The summed E-state index contributed by atoms with van der Waals surface area (Å²) >= 11 is 12.0. The molecular formula is C25H26Cl2F3N3O. The molecule has 1 aromatic heterocycles. The molecule has 3 aliphatic rings. The van der Waals surface area contributed by atoms with Crippen LogP contribution >= 0.6 is 23.2 Å². The van der Waals surface area contributed by atoms with E-state index < -0.39 is 11.9 Å². The summed E-state index contributed by atoms with van der Waals surface area (Å²) in [5.74, 6) is 0. The number of halogens is 5. The van der Waals surface area contributed by atoms with E-state index in [1.165, 1.54) is 28.3 Å². The van der Waals surface area contributed by atoms with Gasteiger partial charge in [0, 0.05) is 42.9 Å². The maximum Gasteiger partial charge on any atom is 0.434 e. The van der Waals surface area contributed by atoms with Gasteiger partial charge >= 0.3 is 6.18 Å². The van der Waals surface area contributed by atoms with Crippen LogP contribution < -0.4 is 0 Å². The van der Waals surface area contributed by atoms with Crippen LogP contribution in [0.25, 0.3) is 5.57 Å². The quantitative estimate of drug-likeness (QED) is 0.585. The number of aromatic nitrogens is 1. The molecule has 1 N–H and O–H groups in total. The van der Waals surface area contributed by atoms with Crippen LogP contribution in [0.5, 0.6) is 0 Å². The van der Waals surface area contributed by atoms with Crippen molar-refractivity contribution in [1.29, 1.82) is 0 Å². The number of aliphatic hydroxyl groups is 1. The lowest BCUT2D eigenvalue weighted by atomic mass is 9.91. The largest absolute Gasteiger partial charge is 0.434 e. The molecule has 0 radical (unpaired) electrons. The zero-order valence-corrected chi connectivity index (χ0v) is 20.1. The summed E-state index contributed by atoms with van der Waals surface area (Å²) < 4.78 is 39.5. The monoisotopic (exact) mass is 511 g/mol. The Labute approximate surface area is 207 Å². The smallest absolute Gasteiger partial charge is 0.390 e. The number of β-amino-alcohol motifs (C(OH)–C–C–N with tert-alkyl or cyclic N) is 1. The van der Waals surface area contributed by atoms with Crippen molar-refractivity contribution < 1.29 is 18.3 Å².